The summed E-state index contributed by atoms with van der Waals surface area (Å²) in [5.41, 5.74) is 4.58. The Hall–Kier alpha value is -4.50. The van der Waals surface area contributed by atoms with Gasteiger partial charge in [0.15, 0.2) is 10.9 Å². The van der Waals surface area contributed by atoms with Crippen LogP contribution in [0.15, 0.2) is 88.8 Å². The molecule has 0 amide bonds. The zero-order valence-corrected chi connectivity index (χ0v) is 22.9. The number of ketones is 1. The van der Waals surface area contributed by atoms with Gasteiger partial charge in [0.25, 0.3) is 5.56 Å². The number of para-hydroxylation sites is 1. The molecule has 0 bridgehead atoms. The van der Waals surface area contributed by atoms with Crippen molar-refractivity contribution in [3.63, 3.8) is 0 Å². The quantitative estimate of drug-likeness (QED) is 0.195. The first kappa shape index (κ1) is 26.1. The molecule has 0 aliphatic heterocycles. The third kappa shape index (κ3) is 5.13. The standard InChI is InChI=1S/C30H28N4O4S/c1-19-26(29(36)34(33(19)2)22-8-6-5-7-9-22)25(35)18-39-30-31-27(20-10-14-23(37-3)15-11-20)28(32-30)21-12-16-24(38-4)17-13-21/h5-17H,18H2,1-4H3,(H,31,32). The van der Waals surface area contributed by atoms with Gasteiger partial charge >= 0.3 is 0 Å². The van der Waals surface area contributed by atoms with Gasteiger partial charge in [-0.3, -0.25) is 14.3 Å². The Balaban J connectivity index is 1.45. The summed E-state index contributed by atoms with van der Waals surface area (Å²) in [6.45, 7) is 1.79. The summed E-state index contributed by atoms with van der Waals surface area (Å²) in [5.74, 6) is 1.32. The maximum atomic E-state index is 13.3. The fraction of sp³-hybridized carbons (Fsp3) is 0.167. The molecule has 0 aliphatic rings. The molecule has 5 rings (SSSR count). The number of rotatable bonds is 9. The fourth-order valence-corrected chi connectivity index (χ4v) is 5.18. The maximum absolute atomic E-state index is 13.3. The number of methoxy groups -OCH3 is 2. The van der Waals surface area contributed by atoms with Crippen LogP contribution in [0.2, 0.25) is 0 Å². The van der Waals surface area contributed by atoms with Crippen molar-refractivity contribution in [1.29, 1.82) is 0 Å². The number of carbonyl (C=O) groups excluding carboxylic acids is 1. The minimum absolute atomic E-state index is 0.0620. The van der Waals surface area contributed by atoms with Gasteiger partial charge < -0.3 is 14.5 Å². The van der Waals surface area contributed by atoms with E-state index in [1.807, 2.05) is 78.9 Å². The lowest BCUT2D eigenvalue weighted by Crippen LogP contribution is -2.23. The Morgan fingerprint density at radius 2 is 1.49 bits per heavy atom. The van der Waals surface area contributed by atoms with Crippen molar-refractivity contribution >= 4 is 17.5 Å². The number of imidazole rings is 1. The summed E-state index contributed by atoms with van der Waals surface area (Å²) in [7, 11) is 5.03. The van der Waals surface area contributed by atoms with Crippen LogP contribution in [-0.4, -0.2) is 45.1 Å². The number of carbonyl (C=O) groups is 1. The van der Waals surface area contributed by atoms with Crippen molar-refractivity contribution in [2.75, 3.05) is 20.0 Å². The number of hydrogen-bond donors (Lipinski definition) is 1. The molecule has 0 atom stereocenters. The number of thioether (sulfide) groups is 1. The summed E-state index contributed by atoms with van der Waals surface area (Å²) >= 11 is 1.27. The molecule has 198 valence electrons. The van der Waals surface area contributed by atoms with Crippen LogP contribution in [0.5, 0.6) is 11.5 Å². The third-order valence-corrected chi connectivity index (χ3v) is 7.47. The third-order valence-electron chi connectivity index (χ3n) is 6.60. The average molecular weight is 541 g/mol. The van der Waals surface area contributed by atoms with Gasteiger partial charge in [0.1, 0.15) is 17.1 Å². The largest absolute Gasteiger partial charge is 0.497 e. The predicted molar refractivity (Wildman–Crippen MR) is 153 cm³/mol. The number of nitrogens with zero attached hydrogens (tertiary/aromatic N) is 3. The normalized spacial score (nSPS) is 11.0. The first-order valence-corrected chi connectivity index (χ1v) is 13.3. The highest BCUT2D eigenvalue weighted by Gasteiger charge is 2.23. The molecule has 0 saturated heterocycles. The van der Waals surface area contributed by atoms with Gasteiger partial charge in [-0.2, -0.15) is 0 Å². The molecule has 0 spiro atoms. The Labute approximate surface area is 230 Å². The highest BCUT2D eigenvalue weighted by Crippen LogP contribution is 2.34. The van der Waals surface area contributed by atoms with Gasteiger partial charge in [-0.05, 0) is 67.6 Å². The lowest BCUT2D eigenvalue weighted by atomic mass is 10.0. The van der Waals surface area contributed by atoms with E-state index >= 15 is 0 Å². The van der Waals surface area contributed by atoms with Crippen LogP contribution in [0.4, 0.5) is 0 Å². The Kier molecular flexibility index (Phi) is 7.42. The second kappa shape index (κ2) is 11.1. The highest BCUT2D eigenvalue weighted by atomic mass is 32.2. The number of Topliss-reactive ketones (excluding diaryl/α,β-unsaturated/α-hetero) is 1. The molecule has 5 aromatic rings. The Morgan fingerprint density at radius 3 is 2.08 bits per heavy atom. The molecule has 3 aromatic carbocycles. The zero-order chi connectivity index (χ0) is 27.5. The summed E-state index contributed by atoms with van der Waals surface area (Å²) in [5, 5.41) is 0.581. The summed E-state index contributed by atoms with van der Waals surface area (Å²) in [4.78, 5) is 34.8. The Morgan fingerprint density at radius 1 is 0.897 bits per heavy atom. The zero-order valence-electron chi connectivity index (χ0n) is 22.1. The first-order chi connectivity index (χ1) is 18.9. The molecule has 0 saturated carbocycles. The second-order valence-electron chi connectivity index (χ2n) is 8.87. The van der Waals surface area contributed by atoms with Gasteiger partial charge in [0.05, 0.1) is 37.0 Å². The van der Waals surface area contributed by atoms with E-state index in [1.165, 1.54) is 16.4 Å². The minimum atomic E-state index is -0.330. The molecule has 0 aliphatic carbocycles. The number of H-pyrrole nitrogens is 1. The van der Waals surface area contributed by atoms with E-state index in [2.05, 4.69) is 4.98 Å². The number of nitrogens with one attached hydrogen (secondary N) is 1. The van der Waals surface area contributed by atoms with Crippen LogP contribution < -0.4 is 15.0 Å². The van der Waals surface area contributed by atoms with Crippen molar-refractivity contribution < 1.29 is 14.3 Å². The predicted octanol–water partition coefficient (Wildman–Crippen LogP) is 5.53. The number of aromatic nitrogens is 4. The van der Waals surface area contributed by atoms with Crippen molar-refractivity contribution in [3.05, 3.63) is 100 Å². The van der Waals surface area contributed by atoms with Crippen molar-refractivity contribution in [1.82, 2.24) is 19.3 Å². The summed E-state index contributed by atoms with van der Waals surface area (Å²) < 4.78 is 13.8. The number of ether oxygens (including phenoxy) is 2. The van der Waals surface area contributed by atoms with E-state index < -0.39 is 0 Å². The molecule has 0 radical (unpaired) electrons. The topological polar surface area (TPSA) is 91.1 Å². The van der Waals surface area contributed by atoms with E-state index in [0.717, 1.165) is 34.0 Å². The van der Waals surface area contributed by atoms with Gasteiger partial charge in [0, 0.05) is 23.9 Å². The van der Waals surface area contributed by atoms with Crippen molar-refractivity contribution in [3.8, 4) is 39.7 Å². The molecule has 2 heterocycles. The molecule has 0 fully saturated rings. The van der Waals surface area contributed by atoms with Gasteiger partial charge in [-0.1, -0.05) is 30.0 Å². The molecule has 1 N–H and O–H groups in total. The number of benzene rings is 3. The van der Waals surface area contributed by atoms with Gasteiger partial charge in [-0.25, -0.2) is 9.67 Å². The van der Waals surface area contributed by atoms with Crippen molar-refractivity contribution in [2.24, 2.45) is 7.05 Å². The summed E-state index contributed by atoms with van der Waals surface area (Å²) in [6.07, 6.45) is 0. The lowest BCUT2D eigenvalue weighted by molar-refractivity contribution is 0.102. The maximum Gasteiger partial charge on any atom is 0.282 e. The molecule has 2 aromatic heterocycles. The SMILES string of the molecule is COc1ccc(-c2nc(SCC(=O)c3c(C)n(C)n(-c4ccccc4)c3=O)[nH]c2-c2ccc(OC)cc2)cc1. The molecule has 39 heavy (non-hydrogen) atoms. The monoisotopic (exact) mass is 540 g/mol. The van der Waals surface area contributed by atoms with Gasteiger partial charge in [0.2, 0.25) is 0 Å². The number of aromatic amines is 1. The van der Waals surface area contributed by atoms with E-state index in [0.29, 0.717) is 16.5 Å². The van der Waals surface area contributed by atoms with Crippen LogP contribution in [-0.2, 0) is 7.05 Å². The van der Waals surface area contributed by atoms with Crippen LogP contribution >= 0.6 is 11.8 Å². The van der Waals surface area contributed by atoms with Crippen LogP contribution in [0.3, 0.4) is 0 Å². The van der Waals surface area contributed by atoms with Gasteiger partial charge in [-0.15, -0.1) is 0 Å². The first-order valence-electron chi connectivity index (χ1n) is 12.3. The smallest absolute Gasteiger partial charge is 0.282 e. The fourth-order valence-electron chi connectivity index (χ4n) is 4.44. The van der Waals surface area contributed by atoms with E-state index in [-0.39, 0.29) is 22.7 Å². The van der Waals surface area contributed by atoms with E-state index in [1.54, 1.807) is 32.9 Å². The summed E-state index contributed by atoms with van der Waals surface area (Å²) in [6, 6.07) is 24.6. The van der Waals surface area contributed by atoms with Crippen LogP contribution in [0.25, 0.3) is 28.2 Å². The molecular weight excluding hydrogens is 512 g/mol. The lowest BCUT2D eigenvalue weighted by Gasteiger charge is -2.07. The number of hydrogen-bond acceptors (Lipinski definition) is 6. The Bertz CT molecular complexity index is 1600. The minimum Gasteiger partial charge on any atom is -0.497 e. The van der Waals surface area contributed by atoms with E-state index in [4.69, 9.17) is 14.5 Å². The van der Waals surface area contributed by atoms with Crippen molar-refractivity contribution in [2.45, 2.75) is 12.1 Å². The van der Waals surface area contributed by atoms with Crippen LogP contribution in [0.1, 0.15) is 16.1 Å². The highest BCUT2D eigenvalue weighted by molar-refractivity contribution is 7.99. The average Bonchev–Trinajstić information content (AvgIpc) is 3.50. The molecule has 0 unspecified atom stereocenters. The van der Waals surface area contributed by atoms with E-state index in [9.17, 15) is 9.59 Å². The molecular formula is C30H28N4O4S. The van der Waals surface area contributed by atoms with Crippen LogP contribution in [0, 0.1) is 6.92 Å². The molecule has 8 nitrogen and oxygen atoms in total. The molecule has 9 heteroatoms. The second-order valence-corrected chi connectivity index (χ2v) is 9.83.